The summed E-state index contributed by atoms with van der Waals surface area (Å²) in [5.41, 5.74) is 5.01. The van der Waals surface area contributed by atoms with Crippen molar-refractivity contribution in [2.45, 2.75) is 19.9 Å². The van der Waals surface area contributed by atoms with E-state index in [0.717, 1.165) is 11.6 Å². The number of non-ortho nitro benzene ring substituents is 1. The van der Waals surface area contributed by atoms with E-state index in [-0.39, 0.29) is 11.3 Å². The van der Waals surface area contributed by atoms with Crippen LogP contribution in [0.4, 0.5) is 5.69 Å². The summed E-state index contributed by atoms with van der Waals surface area (Å²) in [7, 11) is 0. The first-order chi connectivity index (χ1) is 14.7. The van der Waals surface area contributed by atoms with Crippen molar-refractivity contribution >= 4 is 29.4 Å². The van der Waals surface area contributed by atoms with Gasteiger partial charge in [0, 0.05) is 23.3 Å². The minimum absolute atomic E-state index is 0.0426. The molecule has 0 bridgehead atoms. The number of ether oxygens (including phenoxy) is 1. The largest absolute Gasteiger partial charge is 0.454 e. The Morgan fingerprint density at radius 1 is 1.00 bits per heavy atom. The monoisotopic (exact) mass is 428 g/mol. The van der Waals surface area contributed by atoms with E-state index in [1.165, 1.54) is 25.1 Å². The molecule has 0 fully saturated rings. The van der Waals surface area contributed by atoms with Crippen LogP contribution in [0.25, 0.3) is 0 Å². The fraction of sp³-hybridized carbons (Fsp3) is 0.200. The molecule has 162 valence electrons. The van der Waals surface area contributed by atoms with Crippen LogP contribution in [0.15, 0.2) is 48.5 Å². The van der Waals surface area contributed by atoms with Crippen molar-refractivity contribution < 1.29 is 28.8 Å². The molecular weight excluding hydrogens is 408 g/mol. The van der Waals surface area contributed by atoms with E-state index in [1.807, 2.05) is 18.4 Å². The zero-order valence-corrected chi connectivity index (χ0v) is 16.7. The summed E-state index contributed by atoms with van der Waals surface area (Å²) in [6.45, 7) is 2.52. The highest BCUT2D eigenvalue weighted by Gasteiger charge is 2.19. The second kappa shape index (κ2) is 10.5. The van der Waals surface area contributed by atoms with Crippen molar-refractivity contribution in [2.24, 2.45) is 0 Å². The SMILES string of the molecule is Cc1cccc(C(=O)N[C@@H](C)C(=O)OCC(=O)NNC(=O)c2cccc([N+](=O)[O-])c2)c1. The van der Waals surface area contributed by atoms with Crippen LogP contribution in [-0.2, 0) is 14.3 Å². The number of aryl methyl sites for hydroxylation is 1. The molecule has 0 saturated carbocycles. The maximum absolute atomic E-state index is 12.1. The number of nitro benzene ring substituents is 1. The van der Waals surface area contributed by atoms with Gasteiger partial charge in [-0.3, -0.25) is 35.3 Å². The molecule has 2 aromatic carbocycles. The number of rotatable bonds is 7. The third kappa shape index (κ3) is 6.92. The molecule has 2 rings (SSSR count). The molecule has 2 aromatic rings. The van der Waals surface area contributed by atoms with Crippen LogP contribution in [0, 0.1) is 17.0 Å². The maximum atomic E-state index is 12.1. The second-order valence-electron chi connectivity index (χ2n) is 6.48. The first kappa shape index (κ1) is 23.0. The summed E-state index contributed by atoms with van der Waals surface area (Å²) < 4.78 is 4.81. The summed E-state index contributed by atoms with van der Waals surface area (Å²) in [6, 6.07) is 10.7. The predicted molar refractivity (Wildman–Crippen MR) is 108 cm³/mol. The molecule has 0 aromatic heterocycles. The van der Waals surface area contributed by atoms with Crippen LogP contribution in [0.5, 0.6) is 0 Å². The van der Waals surface area contributed by atoms with E-state index in [1.54, 1.807) is 18.2 Å². The van der Waals surface area contributed by atoms with Gasteiger partial charge in [-0.25, -0.2) is 4.79 Å². The molecule has 11 heteroatoms. The molecule has 1 atom stereocenters. The summed E-state index contributed by atoms with van der Waals surface area (Å²) >= 11 is 0. The Morgan fingerprint density at radius 2 is 1.65 bits per heavy atom. The first-order valence-electron chi connectivity index (χ1n) is 9.05. The number of hydrogen-bond donors (Lipinski definition) is 3. The van der Waals surface area contributed by atoms with Gasteiger partial charge in [0.2, 0.25) is 0 Å². The minimum atomic E-state index is -1.01. The Bertz CT molecular complexity index is 1020. The van der Waals surface area contributed by atoms with E-state index in [2.05, 4.69) is 10.7 Å². The van der Waals surface area contributed by atoms with Gasteiger partial charge in [0.1, 0.15) is 6.04 Å². The van der Waals surface area contributed by atoms with E-state index in [9.17, 15) is 29.3 Å². The van der Waals surface area contributed by atoms with Crippen LogP contribution in [0.3, 0.4) is 0 Å². The smallest absolute Gasteiger partial charge is 0.328 e. The van der Waals surface area contributed by atoms with Gasteiger partial charge in [0.15, 0.2) is 6.61 Å². The Labute approximate surface area is 176 Å². The highest BCUT2D eigenvalue weighted by molar-refractivity contribution is 5.97. The van der Waals surface area contributed by atoms with Crippen molar-refractivity contribution in [3.63, 3.8) is 0 Å². The number of benzene rings is 2. The van der Waals surface area contributed by atoms with Gasteiger partial charge in [0.25, 0.3) is 23.4 Å². The maximum Gasteiger partial charge on any atom is 0.328 e. The van der Waals surface area contributed by atoms with Gasteiger partial charge >= 0.3 is 5.97 Å². The van der Waals surface area contributed by atoms with Crippen LogP contribution < -0.4 is 16.2 Å². The van der Waals surface area contributed by atoms with Gasteiger partial charge in [0.05, 0.1) is 4.92 Å². The second-order valence-corrected chi connectivity index (χ2v) is 6.48. The van der Waals surface area contributed by atoms with Gasteiger partial charge in [-0.1, -0.05) is 23.8 Å². The molecule has 0 radical (unpaired) electrons. The summed E-state index contributed by atoms with van der Waals surface area (Å²) in [5.74, 6) is -2.95. The number of carbonyl (C=O) groups excluding carboxylic acids is 4. The average Bonchev–Trinajstić information content (AvgIpc) is 2.75. The minimum Gasteiger partial charge on any atom is -0.454 e. The van der Waals surface area contributed by atoms with Gasteiger partial charge in [-0.15, -0.1) is 0 Å². The zero-order valence-electron chi connectivity index (χ0n) is 16.7. The lowest BCUT2D eigenvalue weighted by Crippen LogP contribution is -2.45. The molecule has 0 aliphatic rings. The average molecular weight is 428 g/mol. The standard InChI is InChI=1S/C20H20N4O7/c1-12-5-3-6-14(9-12)18(26)21-13(2)20(28)31-11-17(25)22-23-19(27)15-7-4-8-16(10-15)24(29)30/h3-10,13H,11H2,1-2H3,(H,21,26)(H,22,25)(H,23,27)/t13-/m0/s1. The number of amides is 3. The van der Waals surface area contributed by atoms with Crippen molar-refractivity contribution in [3.8, 4) is 0 Å². The van der Waals surface area contributed by atoms with Crippen molar-refractivity contribution in [1.82, 2.24) is 16.2 Å². The van der Waals surface area contributed by atoms with Crippen LogP contribution in [0.2, 0.25) is 0 Å². The normalized spacial score (nSPS) is 11.0. The Balaban J connectivity index is 1.78. The zero-order chi connectivity index (χ0) is 23.0. The Hall–Kier alpha value is -4.28. The van der Waals surface area contributed by atoms with Crippen molar-refractivity contribution in [3.05, 3.63) is 75.3 Å². The van der Waals surface area contributed by atoms with E-state index >= 15 is 0 Å². The molecule has 0 saturated heterocycles. The molecule has 11 nitrogen and oxygen atoms in total. The third-order valence-corrected chi connectivity index (χ3v) is 3.96. The Kier molecular flexibility index (Phi) is 7.78. The van der Waals surface area contributed by atoms with E-state index in [0.29, 0.717) is 5.56 Å². The molecular formula is C20H20N4O7. The number of carbonyl (C=O) groups is 4. The number of nitro groups is 1. The summed E-state index contributed by atoms with van der Waals surface area (Å²) in [5, 5.41) is 13.2. The van der Waals surface area contributed by atoms with Gasteiger partial charge < -0.3 is 10.1 Å². The lowest BCUT2D eigenvalue weighted by molar-refractivity contribution is -0.384. The number of hydrogen-bond acceptors (Lipinski definition) is 7. The molecule has 0 heterocycles. The molecule has 0 spiro atoms. The molecule has 0 aliphatic heterocycles. The molecule has 0 aliphatic carbocycles. The van der Waals surface area contributed by atoms with Crippen molar-refractivity contribution in [1.29, 1.82) is 0 Å². The highest BCUT2D eigenvalue weighted by atomic mass is 16.6. The topological polar surface area (TPSA) is 157 Å². The van der Waals surface area contributed by atoms with Gasteiger partial charge in [-0.2, -0.15) is 0 Å². The lowest BCUT2D eigenvalue weighted by Gasteiger charge is -2.14. The predicted octanol–water partition coefficient (Wildman–Crippen LogP) is 1.03. The van der Waals surface area contributed by atoms with E-state index < -0.39 is 41.3 Å². The summed E-state index contributed by atoms with van der Waals surface area (Å²) in [6.07, 6.45) is 0. The lowest BCUT2D eigenvalue weighted by atomic mass is 10.1. The first-order valence-corrected chi connectivity index (χ1v) is 9.05. The highest BCUT2D eigenvalue weighted by Crippen LogP contribution is 2.12. The fourth-order valence-corrected chi connectivity index (χ4v) is 2.38. The quantitative estimate of drug-likeness (QED) is 0.338. The number of esters is 1. The number of hydrazine groups is 1. The third-order valence-electron chi connectivity index (χ3n) is 3.96. The molecule has 0 unspecified atom stereocenters. The molecule has 31 heavy (non-hydrogen) atoms. The van der Waals surface area contributed by atoms with Crippen LogP contribution >= 0.6 is 0 Å². The van der Waals surface area contributed by atoms with Crippen LogP contribution in [-0.4, -0.2) is 41.3 Å². The molecule has 3 amide bonds. The Morgan fingerprint density at radius 3 is 2.29 bits per heavy atom. The van der Waals surface area contributed by atoms with Gasteiger partial charge in [-0.05, 0) is 32.0 Å². The van der Waals surface area contributed by atoms with Crippen LogP contribution in [0.1, 0.15) is 33.2 Å². The fourth-order valence-electron chi connectivity index (χ4n) is 2.38. The van der Waals surface area contributed by atoms with Crippen molar-refractivity contribution in [2.75, 3.05) is 6.61 Å². The molecule has 3 N–H and O–H groups in total. The van der Waals surface area contributed by atoms with E-state index in [4.69, 9.17) is 4.74 Å². The number of nitrogens with zero attached hydrogens (tertiary/aromatic N) is 1. The number of nitrogens with one attached hydrogen (secondary N) is 3. The summed E-state index contributed by atoms with van der Waals surface area (Å²) in [4.78, 5) is 57.9.